The Kier molecular flexibility index (Phi) is 7.24. The van der Waals surface area contributed by atoms with Crippen molar-refractivity contribution >= 4 is 39.0 Å². The molecule has 0 saturated heterocycles. The molecule has 1 aliphatic heterocycles. The summed E-state index contributed by atoms with van der Waals surface area (Å²) in [5, 5.41) is 2.36. The number of aliphatic imine (C=N–C) groups is 2. The zero-order chi connectivity index (χ0) is 24.9. The topological polar surface area (TPSA) is 51.0 Å². The van der Waals surface area contributed by atoms with Crippen LogP contribution in [0.15, 0.2) is 107 Å². The molecule has 1 heterocycles. The van der Waals surface area contributed by atoms with Gasteiger partial charge in [0.1, 0.15) is 17.5 Å². The van der Waals surface area contributed by atoms with Gasteiger partial charge < -0.3 is 4.74 Å². The summed E-state index contributed by atoms with van der Waals surface area (Å²) in [6, 6.07) is 31.7. The number of ketones is 1. The van der Waals surface area contributed by atoms with E-state index in [1.165, 1.54) is 0 Å². The summed E-state index contributed by atoms with van der Waals surface area (Å²) in [5.41, 5.74) is 3.37. The van der Waals surface area contributed by atoms with Crippen LogP contribution in [0.1, 0.15) is 34.3 Å². The SMILES string of the molecule is CC(C(=O)c1cccc2ccccc12)C(C1=NCCN=C1Cl)c1cccc(OCc2ccccc2)c1. The van der Waals surface area contributed by atoms with Crippen molar-refractivity contribution in [3.05, 3.63) is 114 Å². The molecule has 0 spiro atoms. The molecular weight excluding hydrogens is 468 g/mol. The summed E-state index contributed by atoms with van der Waals surface area (Å²) < 4.78 is 6.09. The Bertz CT molecular complexity index is 1440. The first-order valence-corrected chi connectivity index (χ1v) is 12.5. The van der Waals surface area contributed by atoms with E-state index in [0.29, 0.717) is 36.1 Å². The van der Waals surface area contributed by atoms with Crippen LogP contribution in [0.5, 0.6) is 5.75 Å². The average Bonchev–Trinajstić information content (AvgIpc) is 2.93. The molecule has 4 nitrogen and oxygen atoms in total. The molecule has 2 atom stereocenters. The number of hydrogen-bond acceptors (Lipinski definition) is 4. The maximum absolute atomic E-state index is 13.9. The summed E-state index contributed by atoms with van der Waals surface area (Å²) in [6.07, 6.45) is 0. The number of rotatable bonds is 8. The van der Waals surface area contributed by atoms with E-state index < -0.39 is 5.92 Å². The molecule has 5 rings (SSSR count). The van der Waals surface area contributed by atoms with Crippen molar-refractivity contribution in [2.24, 2.45) is 15.9 Å². The summed E-state index contributed by atoms with van der Waals surface area (Å²) in [5.74, 6) is 0.00931. The fourth-order valence-corrected chi connectivity index (χ4v) is 5.01. The van der Waals surface area contributed by atoms with E-state index in [4.69, 9.17) is 21.3 Å². The minimum atomic E-state index is -0.416. The zero-order valence-corrected chi connectivity index (χ0v) is 20.9. The predicted molar refractivity (Wildman–Crippen MR) is 148 cm³/mol. The Labute approximate surface area is 216 Å². The molecule has 0 aromatic heterocycles. The molecule has 4 aromatic rings. The van der Waals surface area contributed by atoms with Gasteiger partial charge in [-0.05, 0) is 34.0 Å². The minimum Gasteiger partial charge on any atom is -0.489 e. The normalized spacial score (nSPS) is 15.1. The van der Waals surface area contributed by atoms with Crippen molar-refractivity contribution in [1.82, 2.24) is 0 Å². The van der Waals surface area contributed by atoms with E-state index >= 15 is 0 Å². The van der Waals surface area contributed by atoms with Crippen LogP contribution >= 0.6 is 11.6 Å². The second-order valence-electron chi connectivity index (χ2n) is 8.94. The second kappa shape index (κ2) is 10.9. The highest BCUT2D eigenvalue weighted by atomic mass is 35.5. The molecule has 0 amide bonds. The van der Waals surface area contributed by atoms with E-state index in [-0.39, 0.29) is 11.7 Å². The van der Waals surface area contributed by atoms with Gasteiger partial charge in [0.25, 0.3) is 0 Å². The lowest BCUT2D eigenvalue weighted by atomic mass is 9.78. The quantitative estimate of drug-likeness (QED) is 0.245. The Morgan fingerprint density at radius 3 is 2.44 bits per heavy atom. The summed E-state index contributed by atoms with van der Waals surface area (Å²) in [6.45, 7) is 3.53. The van der Waals surface area contributed by atoms with Crippen molar-refractivity contribution in [2.75, 3.05) is 13.1 Å². The Morgan fingerprint density at radius 2 is 1.61 bits per heavy atom. The highest BCUT2D eigenvalue weighted by molar-refractivity contribution is 6.84. The Balaban J connectivity index is 1.50. The van der Waals surface area contributed by atoms with Crippen LogP contribution in [0.4, 0.5) is 0 Å². The molecule has 0 saturated carbocycles. The number of Topliss-reactive ketones (excluding diaryl/α,β-unsaturated/α-hetero) is 1. The standard InChI is InChI=1S/C31H27ClN2O2/c1-21(30(35)27-16-8-12-23-11-5-6-15-26(23)27)28(29-31(32)34-18-17-33-29)24-13-7-14-25(19-24)36-20-22-9-3-2-4-10-22/h2-16,19,21,28H,17-18,20H2,1H3. The molecule has 5 heteroatoms. The lowest BCUT2D eigenvalue weighted by Crippen LogP contribution is -2.31. The van der Waals surface area contributed by atoms with Crippen LogP contribution in [-0.2, 0) is 6.61 Å². The van der Waals surface area contributed by atoms with E-state index in [1.807, 2.05) is 104 Å². The third-order valence-electron chi connectivity index (χ3n) is 6.57. The van der Waals surface area contributed by atoms with Crippen molar-refractivity contribution in [3.63, 3.8) is 0 Å². The number of ether oxygens (including phenoxy) is 1. The molecule has 0 radical (unpaired) electrons. The first-order chi connectivity index (χ1) is 17.6. The highest BCUT2D eigenvalue weighted by Gasteiger charge is 2.34. The van der Waals surface area contributed by atoms with E-state index in [0.717, 1.165) is 27.6 Å². The van der Waals surface area contributed by atoms with Crippen LogP contribution in [0, 0.1) is 5.92 Å². The number of halogens is 1. The van der Waals surface area contributed by atoms with Crippen LogP contribution < -0.4 is 4.74 Å². The monoisotopic (exact) mass is 494 g/mol. The van der Waals surface area contributed by atoms with E-state index in [2.05, 4.69) is 4.99 Å². The largest absolute Gasteiger partial charge is 0.489 e. The number of nitrogens with zero attached hydrogens (tertiary/aromatic N) is 2. The molecule has 36 heavy (non-hydrogen) atoms. The fourth-order valence-electron chi connectivity index (χ4n) is 4.75. The van der Waals surface area contributed by atoms with Gasteiger partial charge in [0.15, 0.2) is 5.78 Å². The lowest BCUT2D eigenvalue weighted by Gasteiger charge is -2.27. The molecule has 1 aliphatic rings. The second-order valence-corrected chi connectivity index (χ2v) is 9.30. The first kappa shape index (κ1) is 24.0. The zero-order valence-electron chi connectivity index (χ0n) is 20.1. The van der Waals surface area contributed by atoms with Gasteiger partial charge in [0, 0.05) is 17.4 Å². The van der Waals surface area contributed by atoms with Crippen LogP contribution in [0.3, 0.4) is 0 Å². The molecule has 4 aromatic carbocycles. The molecule has 0 bridgehead atoms. The smallest absolute Gasteiger partial charge is 0.167 e. The van der Waals surface area contributed by atoms with Gasteiger partial charge in [0.2, 0.25) is 0 Å². The van der Waals surface area contributed by atoms with Gasteiger partial charge in [-0.1, -0.05) is 103 Å². The van der Waals surface area contributed by atoms with Crippen molar-refractivity contribution in [2.45, 2.75) is 19.4 Å². The van der Waals surface area contributed by atoms with Crippen LogP contribution in [0.25, 0.3) is 10.8 Å². The Morgan fingerprint density at radius 1 is 0.889 bits per heavy atom. The molecule has 0 aliphatic carbocycles. The van der Waals surface area contributed by atoms with Crippen LogP contribution in [0.2, 0.25) is 0 Å². The Hall–Kier alpha value is -3.76. The highest BCUT2D eigenvalue weighted by Crippen LogP contribution is 2.34. The van der Waals surface area contributed by atoms with Crippen molar-refractivity contribution in [3.8, 4) is 5.75 Å². The average molecular weight is 495 g/mol. The minimum absolute atomic E-state index is 0.0464. The summed E-state index contributed by atoms with van der Waals surface area (Å²) in [7, 11) is 0. The molecular formula is C31H27ClN2O2. The predicted octanol–water partition coefficient (Wildman–Crippen LogP) is 7.11. The number of fused-ring (bicyclic) bond motifs is 1. The van der Waals surface area contributed by atoms with Gasteiger partial charge in [-0.25, -0.2) is 0 Å². The van der Waals surface area contributed by atoms with E-state index in [9.17, 15) is 4.79 Å². The first-order valence-electron chi connectivity index (χ1n) is 12.1. The van der Waals surface area contributed by atoms with Crippen LogP contribution in [-0.4, -0.2) is 29.8 Å². The molecule has 0 fully saturated rings. The lowest BCUT2D eigenvalue weighted by molar-refractivity contribution is 0.0926. The molecule has 180 valence electrons. The number of carbonyl (C=O) groups is 1. The summed E-state index contributed by atoms with van der Waals surface area (Å²) in [4.78, 5) is 23.1. The maximum Gasteiger partial charge on any atom is 0.167 e. The van der Waals surface area contributed by atoms with Gasteiger partial charge >= 0.3 is 0 Å². The third kappa shape index (κ3) is 5.09. The summed E-state index contributed by atoms with van der Waals surface area (Å²) >= 11 is 6.57. The van der Waals surface area contributed by atoms with Gasteiger partial charge in [0.05, 0.1) is 18.8 Å². The number of hydrogen-bond donors (Lipinski definition) is 0. The van der Waals surface area contributed by atoms with Gasteiger partial charge in [-0.3, -0.25) is 14.8 Å². The van der Waals surface area contributed by atoms with Gasteiger partial charge in [-0.2, -0.15) is 0 Å². The fraction of sp³-hybridized carbons (Fsp3) is 0.194. The third-order valence-corrected chi connectivity index (χ3v) is 6.89. The number of carbonyl (C=O) groups excluding carboxylic acids is 1. The molecule has 0 N–H and O–H groups in total. The maximum atomic E-state index is 13.9. The van der Waals surface area contributed by atoms with Crippen molar-refractivity contribution in [1.29, 1.82) is 0 Å². The molecule has 2 unspecified atom stereocenters. The van der Waals surface area contributed by atoms with Crippen molar-refractivity contribution < 1.29 is 9.53 Å². The van der Waals surface area contributed by atoms with E-state index in [1.54, 1.807) is 0 Å². The number of benzene rings is 4. The van der Waals surface area contributed by atoms with Gasteiger partial charge in [-0.15, -0.1) is 0 Å².